The summed E-state index contributed by atoms with van der Waals surface area (Å²) < 4.78 is 11.7. The molecule has 2 rings (SSSR count). The second-order valence-corrected chi connectivity index (χ2v) is 6.15. The molecule has 0 radical (unpaired) electrons. The number of hydrogen-bond acceptors (Lipinski definition) is 4. The number of benzene rings is 2. The molecular weight excluding hydrogens is 388 g/mol. The Balaban J connectivity index is 1.68. The molecule has 2 amide bonds. The molecule has 0 saturated heterocycles. The monoisotopic (exact) mass is 406 g/mol. The van der Waals surface area contributed by atoms with E-state index in [0.717, 1.165) is 10.2 Å². The van der Waals surface area contributed by atoms with Gasteiger partial charge in [0, 0.05) is 16.6 Å². The van der Waals surface area contributed by atoms with Gasteiger partial charge in [-0.3, -0.25) is 9.59 Å². The van der Waals surface area contributed by atoms with Crippen molar-refractivity contribution < 1.29 is 19.1 Å². The predicted molar refractivity (Wildman–Crippen MR) is 98.6 cm³/mol. The lowest BCUT2D eigenvalue weighted by atomic mass is 10.2. The van der Waals surface area contributed by atoms with Crippen LogP contribution in [0.3, 0.4) is 0 Å². The first-order valence-electron chi connectivity index (χ1n) is 7.72. The van der Waals surface area contributed by atoms with Gasteiger partial charge in [-0.05, 0) is 48.9 Å². The Hall–Kier alpha value is -2.54. The molecule has 2 aromatic carbocycles. The van der Waals surface area contributed by atoms with Crippen molar-refractivity contribution in [3.05, 3.63) is 53.0 Å². The van der Waals surface area contributed by atoms with E-state index in [2.05, 4.69) is 21.2 Å². The number of primary amides is 1. The summed E-state index contributed by atoms with van der Waals surface area (Å²) in [5, 5.41) is 2.79. The summed E-state index contributed by atoms with van der Waals surface area (Å²) in [5.74, 6) is 0.645. The van der Waals surface area contributed by atoms with Crippen LogP contribution in [0.25, 0.3) is 0 Å². The molecule has 0 aromatic heterocycles. The first-order chi connectivity index (χ1) is 12.0. The van der Waals surface area contributed by atoms with Crippen molar-refractivity contribution in [1.82, 2.24) is 0 Å². The van der Waals surface area contributed by atoms with Crippen LogP contribution in [0.5, 0.6) is 11.5 Å². The number of nitrogens with one attached hydrogen (secondary N) is 1. The largest absolute Gasteiger partial charge is 0.494 e. The maximum Gasteiger partial charge on any atom is 0.255 e. The van der Waals surface area contributed by atoms with Crippen molar-refractivity contribution in [3.63, 3.8) is 0 Å². The van der Waals surface area contributed by atoms with Gasteiger partial charge in [-0.25, -0.2) is 0 Å². The van der Waals surface area contributed by atoms with Gasteiger partial charge in [-0.2, -0.15) is 0 Å². The average Bonchev–Trinajstić information content (AvgIpc) is 2.58. The molecule has 6 nitrogen and oxygen atoms in total. The van der Waals surface area contributed by atoms with E-state index in [1.54, 1.807) is 24.3 Å². The summed E-state index contributed by atoms with van der Waals surface area (Å²) in [6.07, 6.45) is 0.964. The minimum Gasteiger partial charge on any atom is -0.494 e. The molecule has 0 spiro atoms. The highest BCUT2D eigenvalue weighted by atomic mass is 79.9. The molecule has 25 heavy (non-hydrogen) atoms. The Bertz CT molecular complexity index is 719. The van der Waals surface area contributed by atoms with Crippen molar-refractivity contribution in [2.45, 2.75) is 12.8 Å². The van der Waals surface area contributed by atoms with Gasteiger partial charge in [0.1, 0.15) is 11.5 Å². The number of carbonyl (C=O) groups is 2. The molecule has 3 N–H and O–H groups in total. The summed E-state index contributed by atoms with van der Waals surface area (Å²) in [5.41, 5.74) is 5.66. The van der Waals surface area contributed by atoms with E-state index >= 15 is 0 Å². The van der Waals surface area contributed by atoms with Crippen LogP contribution in [0.15, 0.2) is 53.0 Å². The SMILES string of the molecule is NC(=O)COc1ccc(NC(=O)CCCOc2cccc(Br)c2)cc1. The summed E-state index contributed by atoms with van der Waals surface area (Å²) in [4.78, 5) is 22.6. The summed E-state index contributed by atoms with van der Waals surface area (Å²) in [6.45, 7) is 0.285. The van der Waals surface area contributed by atoms with Gasteiger partial charge in [0.15, 0.2) is 6.61 Å². The van der Waals surface area contributed by atoms with Crippen LogP contribution < -0.4 is 20.5 Å². The van der Waals surface area contributed by atoms with Crippen LogP contribution in [0.4, 0.5) is 5.69 Å². The van der Waals surface area contributed by atoms with Crippen molar-refractivity contribution in [2.24, 2.45) is 5.73 Å². The van der Waals surface area contributed by atoms with Crippen LogP contribution in [0.1, 0.15) is 12.8 Å². The molecule has 0 aliphatic rings. The van der Waals surface area contributed by atoms with E-state index in [-0.39, 0.29) is 12.5 Å². The zero-order chi connectivity index (χ0) is 18.1. The molecular formula is C18H19BrN2O4. The number of nitrogens with two attached hydrogens (primary N) is 1. The third-order valence-electron chi connectivity index (χ3n) is 3.13. The minimum atomic E-state index is -0.539. The Morgan fingerprint density at radius 3 is 2.48 bits per heavy atom. The normalized spacial score (nSPS) is 10.1. The molecule has 0 atom stereocenters. The molecule has 132 valence electrons. The predicted octanol–water partition coefficient (Wildman–Crippen LogP) is 3.11. The minimum absolute atomic E-state index is 0.0938. The zero-order valence-corrected chi connectivity index (χ0v) is 15.1. The summed E-state index contributed by atoms with van der Waals surface area (Å²) in [7, 11) is 0. The third-order valence-corrected chi connectivity index (χ3v) is 3.63. The van der Waals surface area contributed by atoms with Crippen molar-refractivity contribution >= 4 is 33.4 Å². The van der Waals surface area contributed by atoms with Crippen molar-refractivity contribution in [3.8, 4) is 11.5 Å². The number of hydrogen-bond donors (Lipinski definition) is 2. The Labute approximate surface area is 154 Å². The molecule has 2 aromatic rings. The van der Waals surface area contributed by atoms with Crippen LogP contribution in [0, 0.1) is 0 Å². The smallest absolute Gasteiger partial charge is 0.255 e. The highest BCUT2D eigenvalue weighted by Gasteiger charge is 2.04. The highest BCUT2D eigenvalue weighted by molar-refractivity contribution is 9.10. The zero-order valence-electron chi connectivity index (χ0n) is 13.5. The molecule has 0 fully saturated rings. The topological polar surface area (TPSA) is 90.7 Å². The molecule has 0 saturated carbocycles. The molecule has 0 aliphatic carbocycles. The molecule has 0 bridgehead atoms. The summed E-state index contributed by atoms with van der Waals surface area (Å²) >= 11 is 3.38. The van der Waals surface area contributed by atoms with E-state index in [1.165, 1.54) is 0 Å². The van der Waals surface area contributed by atoms with Gasteiger partial charge in [0.25, 0.3) is 5.91 Å². The van der Waals surface area contributed by atoms with Gasteiger partial charge in [-0.15, -0.1) is 0 Å². The van der Waals surface area contributed by atoms with E-state index in [0.29, 0.717) is 30.9 Å². The quantitative estimate of drug-likeness (QED) is 0.625. The van der Waals surface area contributed by atoms with Crippen LogP contribution in [0.2, 0.25) is 0 Å². The highest BCUT2D eigenvalue weighted by Crippen LogP contribution is 2.18. The third kappa shape index (κ3) is 7.26. The number of amides is 2. The lowest BCUT2D eigenvalue weighted by molar-refractivity contribution is -0.120. The Morgan fingerprint density at radius 1 is 1.04 bits per heavy atom. The standard InChI is InChI=1S/C18H19BrN2O4/c19-13-3-1-4-16(11-13)24-10-2-5-18(23)21-14-6-8-15(9-7-14)25-12-17(20)22/h1,3-4,6-9,11H,2,5,10,12H2,(H2,20,22)(H,21,23). The van der Waals surface area contributed by atoms with E-state index in [9.17, 15) is 9.59 Å². The van der Waals surface area contributed by atoms with Gasteiger partial charge in [0.05, 0.1) is 6.61 Å². The number of anilines is 1. The second-order valence-electron chi connectivity index (χ2n) is 5.24. The van der Waals surface area contributed by atoms with E-state index in [4.69, 9.17) is 15.2 Å². The number of ether oxygens (including phenoxy) is 2. The number of carbonyl (C=O) groups excluding carboxylic acids is 2. The van der Waals surface area contributed by atoms with Crippen LogP contribution >= 0.6 is 15.9 Å². The maximum atomic E-state index is 11.9. The molecule has 0 unspecified atom stereocenters. The van der Waals surface area contributed by atoms with E-state index < -0.39 is 5.91 Å². The maximum absolute atomic E-state index is 11.9. The fourth-order valence-corrected chi connectivity index (χ4v) is 2.37. The van der Waals surface area contributed by atoms with Gasteiger partial charge >= 0.3 is 0 Å². The van der Waals surface area contributed by atoms with Crippen LogP contribution in [-0.4, -0.2) is 25.0 Å². The van der Waals surface area contributed by atoms with E-state index in [1.807, 2.05) is 24.3 Å². The van der Waals surface area contributed by atoms with Crippen LogP contribution in [-0.2, 0) is 9.59 Å². The number of rotatable bonds is 9. The average molecular weight is 407 g/mol. The van der Waals surface area contributed by atoms with Crippen molar-refractivity contribution in [1.29, 1.82) is 0 Å². The first-order valence-corrected chi connectivity index (χ1v) is 8.51. The second kappa shape index (κ2) is 9.68. The molecule has 0 aliphatic heterocycles. The Kier molecular flexibility index (Phi) is 7.28. The molecule has 7 heteroatoms. The Morgan fingerprint density at radius 2 is 1.80 bits per heavy atom. The first kappa shape index (κ1) is 18.8. The lowest BCUT2D eigenvalue weighted by Crippen LogP contribution is -2.20. The molecule has 0 heterocycles. The van der Waals surface area contributed by atoms with Gasteiger partial charge < -0.3 is 20.5 Å². The number of halogens is 1. The lowest BCUT2D eigenvalue weighted by Gasteiger charge is -2.08. The fraction of sp³-hybridized carbons (Fsp3) is 0.222. The summed E-state index contributed by atoms with van der Waals surface area (Å²) in [6, 6.07) is 14.3. The fourth-order valence-electron chi connectivity index (χ4n) is 1.99. The van der Waals surface area contributed by atoms with Gasteiger partial charge in [0.2, 0.25) is 5.91 Å². The van der Waals surface area contributed by atoms with Crippen molar-refractivity contribution in [2.75, 3.05) is 18.5 Å². The van der Waals surface area contributed by atoms with Gasteiger partial charge in [-0.1, -0.05) is 22.0 Å².